The van der Waals surface area contributed by atoms with Crippen LogP contribution in [0.25, 0.3) is 0 Å². The van der Waals surface area contributed by atoms with Crippen LogP contribution in [0.5, 0.6) is 5.75 Å². The highest BCUT2D eigenvalue weighted by Gasteiger charge is 2.04. The van der Waals surface area contributed by atoms with Crippen molar-refractivity contribution in [3.8, 4) is 5.75 Å². The first-order valence-electron chi connectivity index (χ1n) is 7.37. The molecule has 1 aromatic rings. The van der Waals surface area contributed by atoms with E-state index in [4.69, 9.17) is 4.74 Å². The van der Waals surface area contributed by atoms with Crippen molar-refractivity contribution in [2.75, 3.05) is 13.2 Å². The zero-order valence-corrected chi connectivity index (χ0v) is 12.7. The maximum absolute atomic E-state index is 11.6. The fourth-order valence-corrected chi connectivity index (χ4v) is 1.80. The van der Waals surface area contributed by atoms with Gasteiger partial charge in [-0.1, -0.05) is 19.1 Å². The van der Waals surface area contributed by atoms with Crippen molar-refractivity contribution >= 4 is 5.91 Å². The van der Waals surface area contributed by atoms with Gasteiger partial charge in [0, 0.05) is 25.6 Å². The first kappa shape index (κ1) is 16.5. The highest BCUT2D eigenvalue weighted by molar-refractivity contribution is 5.76. The highest BCUT2D eigenvalue weighted by Crippen LogP contribution is 2.12. The monoisotopic (exact) mass is 278 g/mol. The van der Waals surface area contributed by atoms with Crippen LogP contribution in [-0.4, -0.2) is 25.1 Å². The first-order valence-corrected chi connectivity index (χ1v) is 7.37. The van der Waals surface area contributed by atoms with E-state index in [1.165, 1.54) is 5.56 Å². The molecular formula is C16H26N2O2. The van der Waals surface area contributed by atoms with E-state index in [2.05, 4.69) is 23.6 Å². The standard InChI is InChI=1S/C16H26N2O2/c1-4-13(3)18-16(19)9-10-17-12-14-7-6-8-15(11-14)20-5-2/h6-8,11,13,17H,4-5,9-10,12H2,1-3H3,(H,18,19). The maximum atomic E-state index is 11.6. The first-order chi connectivity index (χ1) is 9.65. The molecule has 1 atom stereocenters. The molecule has 0 fully saturated rings. The lowest BCUT2D eigenvalue weighted by Gasteiger charge is -2.11. The van der Waals surface area contributed by atoms with Crippen LogP contribution in [-0.2, 0) is 11.3 Å². The molecule has 112 valence electrons. The van der Waals surface area contributed by atoms with Crippen molar-refractivity contribution in [3.05, 3.63) is 29.8 Å². The summed E-state index contributed by atoms with van der Waals surface area (Å²) in [6, 6.07) is 8.26. The number of ether oxygens (including phenoxy) is 1. The second-order valence-corrected chi connectivity index (χ2v) is 4.88. The van der Waals surface area contributed by atoms with Crippen molar-refractivity contribution in [3.63, 3.8) is 0 Å². The van der Waals surface area contributed by atoms with E-state index in [1.807, 2.05) is 32.0 Å². The molecule has 2 N–H and O–H groups in total. The van der Waals surface area contributed by atoms with Crippen molar-refractivity contribution in [1.29, 1.82) is 0 Å². The van der Waals surface area contributed by atoms with Gasteiger partial charge >= 0.3 is 0 Å². The minimum absolute atomic E-state index is 0.106. The summed E-state index contributed by atoms with van der Waals surface area (Å²) in [5.41, 5.74) is 1.17. The van der Waals surface area contributed by atoms with E-state index < -0.39 is 0 Å². The minimum atomic E-state index is 0.106. The lowest BCUT2D eigenvalue weighted by molar-refractivity contribution is -0.121. The maximum Gasteiger partial charge on any atom is 0.221 e. The molecule has 1 amide bonds. The Kier molecular flexibility index (Phi) is 7.73. The number of nitrogens with one attached hydrogen (secondary N) is 2. The lowest BCUT2D eigenvalue weighted by atomic mass is 10.2. The summed E-state index contributed by atoms with van der Waals surface area (Å²) in [5.74, 6) is 0.997. The summed E-state index contributed by atoms with van der Waals surface area (Å²) in [6.07, 6.45) is 1.47. The smallest absolute Gasteiger partial charge is 0.221 e. The van der Waals surface area contributed by atoms with Gasteiger partial charge in [0.2, 0.25) is 5.91 Å². The predicted molar refractivity (Wildman–Crippen MR) is 81.8 cm³/mol. The van der Waals surface area contributed by atoms with Crippen LogP contribution in [0.4, 0.5) is 0 Å². The molecule has 4 nitrogen and oxygen atoms in total. The zero-order chi connectivity index (χ0) is 14.8. The SMILES string of the molecule is CCOc1cccc(CNCCC(=O)NC(C)CC)c1. The Labute approximate surface area is 121 Å². The third kappa shape index (κ3) is 6.57. The normalized spacial score (nSPS) is 11.9. The van der Waals surface area contributed by atoms with Crippen LogP contribution >= 0.6 is 0 Å². The fourth-order valence-electron chi connectivity index (χ4n) is 1.80. The minimum Gasteiger partial charge on any atom is -0.494 e. The Balaban J connectivity index is 2.24. The molecule has 0 heterocycles. The number of carbonyl (C=O) groups is 1. The molecule has 1 unspecified atom stereocenters. The van der Waals surface area contributed by atoms with Gasteiger partial charge in [-0.25, -0.2) is 0 Å². The molecule has 0 aliphatic carbocycles. The van der Waals surface area contributed by atoms with Crippen LogP contribution < -0.4 is 15.4 Å². The number of carbonyl (C=O) groups excluding carboxylic acids is 1. The van der Waals surface area contributed by atoms with Gasteiger partial charge in [0.1, 0.15) is 5.75 Å². The average molecular weight is 278 g/mol. The van der Waals surface area contributed by atoms with E-state index >= 15 is 0 Å². The molecular weight excluding hydrogens is 252 g/mol. The van der Waals surface area contributed by atoms with E-state index in [0.29, 0.717) is 19.6 Å². The third-order valence-electron chi connectivity index (χ3n) is 3.09. The Morgan fingerprint density at radius 2 is 2.15 bits per heavy atom. The predicted octanol–water partition coefficient (Wildman–Crippen LogP) is 2.48. The van der Waals surface area contributed by atoms with Gasteiger partial charge in [0.15, 0.2) is 0 Å². The zero-order valence-electron chi connectivity index (χ0n) is 12.7. The third-order valence-corrected chi connectivity index (χ3v) is 3.09. The van der Waals surface area contributed by atoms with E-state index in [-0.39, 0.29) is 11.9 Å². The Bertz CT molecular complexity index is 407. The van der Waals surface area contributed by atoms with Gasteiger partial charge in [0.25, 0.3) is 0 Å². The number of rotatable bonds is 9. The fraction of sp³-hybridized carbons (Fsp3) is 0.562. The van der Waals surface area contributed by atoms with Gasteiger partial charge in [-0.3, -0.25) is 4.79 Å². The average Bonchev–Trinajstić information content (AvgIpc) is 2.44. The second-order valence-electron chi connectivity index (χ2n) is 4.88. The molecule has 0 spiro atoms. The molecule has 0 saturated carbocycles. The van der Waals surface area contributed by atoms with Gasteiger partial charge in [0.05, 0.1) is 6.61 Å². The van der Waals surface area contributed by atoms with Gasteiger partial charge in [-0.2, -0.15) is 0 Å². The number of hydrogen-bond acceptors (Lipinski definition) is 3. The molecule has 0 aromatic heterocycles. The van der Waals surface area contributed by atoms with Crippen LogP contribution in [0, 0.1) is 0 Å². The number of amides is 1. The van der Waals surface area contributed by atoms with Crippen LogP contribution in [0.15, 0.2) is 24.3 Å². The quantitative estimate of drug-likeness (QED) is 0.682. The van der Waals surface area contributed by atoms with E-state index in [1.54, 1.807) is 0 Å². The van der Waals surface area contributed by atoms with Crippen molar-refractivity contribution < 1.29 is 9.53 Å². The molecule has 4 heteroatoms. The molecule has 1 rings (SSSR count). The van der Waals surface area contributed by atoms with Crippen LogP contribution in [0.2, 0.25) is 0 Å². The number of benzene rings is 1. The molecule has 0 radical (unpaired) electrons. The topological polar surface area (TPSA) is 50.4 Å². The van der Waals surface area contributed by atoms with Crippen LogP contribution in [0.3, 0.4) is 0 Å². The van der Waals surface area contributed by atoms with Gasteiger partial charge < -0.3 is 15.4 Å². The molecule has 20 heavy (non-hydrogen) atoms. The molecule has 0 aliphatic rings. The highest BCUT2D eigenvalue weighted by atomic mass is 16.5. The lowest BCUT2D eigenvalue weighted by Crippen LogP contribution is -2.33. The number of hydrogen-bond donors (Lipinski definition) is 2. The van der Waals surface area contributed by atoms with Crippen LogP contribution in [0.1, 0.15) is 39.2 Å². The summed E-state index contributed by atoms with van der Waals surface area (Å²) in [6.45, 7) is 8.16. The summed E-state index contributed by atoms with van der Waals surface area (Å²) < 4.78 is 5.46. The largest absolute Gasteiger partial charge is 0.494 e. The summed E-state index contributed by atoms with van der Waals surface area (Å²) in [7, 11) is 0. The second kappa shape index (κ2) is 9.37. The Hall–Kier alpha value is -1.55. The van der Waals surface area contributed by atoms with Gasteiger partial charge in [-0.05, 0) is 38.0 Å². The van der Waals surface area contributed by atoms with Crippen molar-refractivity contribution in [2.24, 2.45) is 0 Å². The summed E-state index contributed by atoms with van der Waals surface area (Å²) in [5, 5.41) is 6.23. The Morgan fingerprint density at radius 1 is 1.35 bits per heavy atom. The van der Waals surface area contributed by atoms with Crippen molar-refractivity contribution in [1.82, 2.24) is 10.6 Å². The summed E-state index contributed by atoms with van der Waals surface area (Å²) in [4.78, 5) is 11.6. The van der Waals surface area contributed by atoms with Crippen molar-refractivity contribution in [2.45, 2.75) is 46.2 Å². The van der Waals surface area contributed by atoms with Gasteiger partial charge in [-0.15, -0.1) is 0 Å². The Morgan fingerprint density at radius 3 is 2.85 bits per heavy atom. The van der Waals surface area contributed by atoms with E-state index in [9.17, 15) is 4.79 Å². The molecule has 0 saturated heterocycles. The summed E-state index contributed by atoms with van der Waals surface area (Å²) >= 11 is 0. The molecule has 0 bridgehead atoms. The molecule has 0 aliphatic heterocycles. The molecule has 1 aromatic carbocycles. The van der Waals surface area contributed by atoms with E-state index in [0.717, 1.165) is 18.7 Å².